The molecule has 1 N–H and O–H groups in total. The zero-order valence-corrected chi connectivity index (χ0v) is 12.8. The van der Waals surface area contributed by atoms with Crippen molar-refractivity contribution in [1.29, 1.82) is 0 Å². The van der Waals surface area contributed by atoms with Crippen molar-refractivity contribution in [3.63, 3.8) is 0 Å². The van der Waals surface area contributed by atoms with E-state index in [0.29, 0.717) is 12.1 Å². The highest BCUT2D eigenvalue weighted by Crippen LogP contribution is 2.15. The normalized spacial score (nSPS) is 11.9. The first-order chi connectivity index (χ1) is 9.70. The Kier molecular flexibility index (Phi) is 5.32. The third-order valence-electron chi connectivity index (χ3n) is 3.01. The summed E-state index contributed by atoms with van der Waals surface area (Å²) in [7, 11) is 1.64. The number of carbonyl (C=O) groups is 1. The third kappa shape index (κ3) is 3.92. The van der Waals surface area contributed by atoms with Crippen molar-refractivity contribution < 1.29 is 9.53 Å². The van der Waals surface area contributed by atoms with E-state index in [4.69, 9.17) is 4.74 Å². The number of methoxy groups -OCH3 is 1. The maximum atomic E-state index is 12.0. The molecule has 0 aliphatic carbocycles. The van der Waals surface area contributed by atoms with Gasteiger partial charge in [0.15, 0.2) is 0 Å². The highest BCUT2D eigenvalue weighted by molar-refractivity contribution is 9.10. The second-order valence-corrected chi connectivity index (χ2v) is 5.27. The molecule has 1 unspecified atom stereocenters. The summed E-state index contributed by atoms with van der Waals surface area (Å²) >= 11 is 3.35. The van der Waals surface area contributed by atoms with E-state index in [1.54, 1.807) is 19.2 Å². The average molecular weight is 334 g/mol. The molecule has 0 fully saturated rings. The molecule has 0 saturated carbocycles. The minimum atomic E-state index is -0.143. The van der Waals surface area contributed by atoms with Gasteiger partial charge in [0.2, 0.25) is 0 Å². The van der Waals surface area contributed by atoms with Crippen LogP contribution in [0.3, 0.4) is 0 Å². The molecule has 104 valence electrons. The Labute approximate surface area is 127 Å². The fraction of sp³-hybridized carbons (Fsp3) is 0.188. The predicted octanol–water partition coefficient (Wildman–Crippen LogP) is 3.57. The van der Waals surface area contributed by atoms with Crippen LogP contribution in [0.1, 0.15) is 22.0 Å². The van der Waals surface area contributed by atoms with Gasteiger partial charge in [-0.2, -0.15) is 0 Å². The molecule has 0 bridgehead atoms. The van der Waals surface area contributed by atoms with E-state index in [-0.39, 0.29) is 12.0 Å². The molecule has 0 radical (unpaired) electrons. The average Bonchev–Trinajstić information content (AvgIpc) is 2.49. The fourth-order valence-corrected chi connectivity index (χ4v) is 2.16. The Bertz CT molecular complexity index is 554. The Morgan fingerprint density at radius 2 is 1.80 bits per heavy atom. The number of hydrogen-bond acceptors (Lipinski definition) is 2. The van der Waals surface area contributed by atoms with Crippen LogP contribution in [0, 0.1) is 0 Å². The van der Waals surface area contributed by atoms with Crippen molar-refractivity contribution in [2.24, 2.45) is 0 Å². The topological polar surface area (TPSA) is 38.3 Å². The number of ether oxygens (including phenoxy) is 1. The zero-order valence-electron chi connectivity index (χ0n) is 11.2. The van der Waals surface area contributed by atoms with Crippen LogP contribution in [0.25, 0.3) is 0 Å². The number of benzene rings is 2. The van der Waals surface area contributed by atoms with Gasteiger partial charge in [0.05, 0.1) is 6.10 Å². The molecule has 20 heavy (non-hydrogen) atoms. The maximum absolute atomic E-state index is 12.0. The largest absolute Gasteiger partial charge is 0.375 e. The monoisotopic (exact) mass is 333 g/mol. The van der Waals surface area contributed by atoms with E-state index < -0.39 is 0 Å². The molecule has 0 heterocycles. The van der Waals surface area contributed by atoms with Crippen LogP contribution < -0.4 is 5.32 Å². The lowest BCUT2D eigenvalue weighted by atomic mass is 10.1. The van der Waals surface area contributed by atoms with Gasteiger partial charge in [-0.1, -0.05) is 46.3 Å². The van der Waals surface area contributed by atoms with Gasteiger partial charge in [-0.3, -0.25) is 4.79 Å². The standard InChI is InChI=1S/C16H16BrNO2/c1-20-15(12-5-3-2-4-6-12)11-18-16(19)13-7-9-14(17)10-8-13/h2-10,15H,11H2,1H3,(H,18,19). The summed E-state index contributed by atoms with van der Waals surface area (Å²) in [5, 5.41) is 2.89. The fourth-order valence-electron chi connectivity index (χ4n) is 1.89. The van der Waals surface area contributed by atoms with Gasteiger partial charge >= 0.3 is 0 Å². The lowest BCUT2D eigenvalue weighted by molar-refractivity contribution is 0.0828. The van der Waals surface area contributed by atoms with Crippen LogP contribution in [0.2, 0.25) is 0 Å². The molecule has 3 nitrogen and oxygen atoms in total. The van der Waals surface area contributed by atoms with Crippen LogP contribution in [0.4, 0.5) is 0 Å². The van der Waals surface area contributed by atoms with Crippen molar-refractivity contribution in [3.8, 4) is 0 Å². The number of halogens is 1. The molecule has 0 aromatic heterocycles. The van der Waals surface area contributed by atoms with E-state index in [9.17, 15) is 4.79 Å². The van der Waals surface area contributed by atoms with Gasteiger partial charge in [0.1, 0.15) is 0 Å². The molecule has 2 aromatic carbocycles. The van der Waals surface area contributed by atoms with Crippen LogP contribution in [0.15, 0.2) is 59.1 Å². The molecule has 4 heteroatoms. The molecule has 1 atom stereocenters. The molecular formula is C16H16BrNO2. The molecular weight excluding hydrogens is 318 g/mol. The molecule has 0 saturated heterocycles. The van der Waals surface area contributed by atoms with Crippen molar-refractivity contribution in [1.82, 2.24) is 5.32 Å². The molecule has 0 aliphatic rings. The van der Waals surface area contributed by atoms with Gasteiger partial charge in [-0.25, -0.2) is 0 Å². The summed E-state index contributed by atoms with van der Waals surface area (Å²) in [6.07, 6.45) is -0.143. The van der Waals surface area contributed by atoms with Crippen LogP contribution in [-0.4, -0.2) is 19.6 Å². The highest BCUT2D eigenvalue weighted by Gasteiger charge is 2.12. The summed E-state index contributed by atoms with van der Waals surface area (Å²) < 4.78 is 6.37. The zero-order chi connectivity index (χ0) is 14.4. The molecule has 2 aromatic rings. The summed E-state index contributed by atoms with van der Waals surface area (Å²) in [6, 6.07) is 17.1. The van der Waals surface area contributed by atoms with Crippen LogP contribution in [0.5, 0.6) is 0 Å². The van der Waals surface area contributed by atoms with Crippen molar-refractivity contribution >= 4 is 21.8 Å². The SMILES string of the molecule is COC(CNC(=O)c1ccc(Br)cc1)c1ccccc1. The first-order valence-electron chi connectivity index (χ1n) is 6.32. The second kappa shape index (κ2) is 7.22. The minimum Gasteiger partial charge on any atom is -0.375 e. The van der Waals surface area contributed by atoms with E-state index in [2.05, 4.69) is 21.2 Å². The van der Waals surface area contributed by atoms with Gasteiger partial charge < -0.3 is 10.1 Å². The third-order valence-corrected chi connectivity index (χ3v) is 3.54. The first kappa shape index (κ1) is 14.8. The van der Waals surface area contributed by atoms with E-state index in [1.165, 1.54) is 0 Å². The van der Waals surface area contributed by atoms with Gasteiger partial charge in [-0.15, -0.1) is 0 Å². The number of amides is 1. The second-order valence-electron chi connectivity index (χ2n) is 4.35. The summed E-state index contributed by atoms with van der Waals surface area (Å²) in [4.78, 5) is 12.0. The number of rotatable bonds is 5. The number of carbonyl (C=O) groups excluding carboxylic acids is 1. The van der Waals surface area contributed by atoms with Crippen LogP contribution in [-0.2, 0) is 4.74 Å². The van der Waals surface area contributed by atoms with Crippen molar-refractivity contribution in [2.75, 3.05) is 13.7 Å². The smallest absolute Gasteiger partial charge is 0.251 e. The van der Waals surface area contributed by atoms with E-state index >= 15 is 0 Å². The number of nitrogens with one attached hydrogen (secondary N) is 1. The molecule has 1 amide bonds. The first-order valence-corrected chi connectivity index (χ1v) is 7.11. The Morgan fingerprint density at radius 1 is 1.15 bits per heavy atom. The van der Waals surface area contributed by atoms with Crippen molar-refractivity contribution in [3.05, 3.63) is 70.2 Å². The summed E-state index contributed by atoms with van der Waals surface area (Å²) in [5.74, 6) is -0.101. The Morgan fingerprint density at radius 3 is 2.40 bits per heavy atom. The lowest BCUT2D eigenvalue weighted by Crippen LogP contribution is -2.29. The molecule has 2 rings (SSSR count). The van der Waals surface area contributed by atoms with Crippen molar-refractivity contribution in [2.45, 2.75) is 6.10 Å². The predicted molar refractivity (Wildman–Crippen MR) is 82.7 cm³/mol. The Balaban J connectivity index is 1.96. The summed E-state index contributed by atoms with van der Waals surface area (Å²) in [5.41, 5.74) is 1.68. The lowest BCUT2D eigenvalue weighted by Gasteiger charge is -2.16. The van der Waals surface area contributed by atoms with Crippen LogP contribution >= 0.6 is 15.9 Å². The molecule has 0 aliphatic heterocycles. The maximum Gasteiger partial charge on any atom is 0.251 e. The number of hydrogen-bond donors (Lipinski definition) is 1. The summed E-state index contributed by atoms with van der Waals surface area (Å²) in [6.45, 7) is 0.440. The Hall–Kier alpha value is -1.65. The van der Waals surface area contributed by atoms with E-state index in [0.717, 1.165) is 10.0 Å². The van der Waals surface area contributed by atoms with Gasteiger partial charge in [0.25, 0.3) is 5.91 Å². The highest BCUT2D eigenvalue weighted by atomic mass is 79.9. The molecule has 0 spiro atoms. The van der Waals surface area contributed by atoms with E-state index in [1.807, 2.05) is 42.5 Å². The quantitative estimate of drug-likeness (QED) is 0.908. The van der Waals surface area contributed by atoms with Gasteiger partial charge in [0, 0.05) is 23.7 Å². The van der Waals surface area contributed by atoms with Gasteiger partial charge in [-0.05, 0) is 29.8 Å². The minimum absolute atomic E-state index is 0.101.